The van der Waals surface area contributed by atoms with Gasteiger partial charge >= 0.3 is 0 Å². The first kappa shape index (κ1) is 21.6. The average molecular weight is 386 g/mol. The lowest BCUT2D eigenvalue weighted by Gasteiger charge is -2.53. The molecule has 1 unspecified atom stereocenters. The smallest absolute Gasteiger partial charge is 0.232 e. The molecule has 1 aliphatic rings. The summed E-state index contributed by atoms with van der Waals surface area (Å²) in [5.41, 5.74) is 1.08. The van der Waals surface area contributed by atoms with E-state index >= 15 is 0 Å². The summed E-state index contributed by atoms with van der Waals surface area (Å²) in [6.07, 6.45) is 5.52. The standard InChI is InChI=1S/C23H35NO2Si/c1-8-10-16-19(26-27(6,7)23(3,4)5)21-20(18-14-12-11-13-15-18)22(25)24(21)17-9-2/h8-9,11-15,19-21H,1-2,10,16-17H2,3-7H3/t19?,20-,21-/m1/s1. The topological polar surface area (TPSA) is 29.5 Å². The Kier molecular flexibility index (Phi) is 6.87. The third-order valence-electron chi connectivity index (χ3n) is 6.02. The van der Waals surface area contributed by atoms with Crippen molar-refractivity contribution in [3.05, 3.63) is 61.2 Å². The molecular formula is C23H35NO2Si. The minimum Gasteiger partial charge on any atom is -0.412 e. The molecule has 1 heterocycles. The SMILES string of the molecule is C=CCCC(O[Si](C)(C)C(C)(C)C)[C@@H]1[C@@H](c2ccccc2)C(=O)N1CC=C. The number of nitrogens with zero attached hydrogens (tertiary/aromatic N) is 1. The van der Waals surface area contributed by atoms with E-state index in [1.165, 1.54) is 0 Å². The molecule has 27 heavy (non-hydrogen) atoms. The molecule has 0 saturated carbocycles. The largest absolute Gasteiger partial charge is 0.412 e. The van der Waals surface area contributed by atoms with E-state index < -0.39 is 8.32 Å². The lowest BCUT2D eigenvalue weighted by molar-refractivity contribution is -0.155. The zero-order valence-corrected chi connectivity index (χ0v) is 18.6. The van der Waals surface area contributed by atoms with E-state index in [9.17, 15) is 4.79 Å². The highest BCUT2D eigenvalue weighted by Gasteiger charge is 2.53. The molecule has 3 nitrogen and oxygen atoms in total. The minimum atomic E-state index is -1.97. The molecule has 2 rings (SSSR count). The summed E-state index contributed by atoms with van der Waals surface area (Å²) < 4.78 is 6.85. The molecule has 1 aliphatic heterocycles. The normalized spacial score (nSPS) is 21.5. The van der Waals surface area contributed by atoms with Crippen LogP contribution in [0.1, 0.15) is 45.1 Å². The molecule has 4 heteroatoms. The van der Waals surface area contributed by atoms with Gasteiger partial charge in [0.25, 0.3) is 0 Å². The van der Waals surface area contributed by atoms with E-state index in [-0.39, 0.29) is 29.0 Å². The predicted octanol–water partition coefficient (Wildman–Crippen LogP) is 5.52. The van der Waals surface area contributed by atoms with E-state index in [4.69, 9.17) is 4.43 Å². The van der Waals surface area contributed by atoms with Gasteiger partial charge in [-0.15, -0.1) is 13.2 Å². The van der Waals surface area contributed by atoms with Crippen LogP contribution < -0.4 is 0 Å². The number of benzene rings is 1. The quantitative estimate of drug-likeness (QED) is 0.318. The third kappa shape index (κ3) is 4.61. The van der Waals surface area contributed by atoms with Gasteiger partial charge in [-0.05, 0) is 36.5 Å². The lowest BCUT2D eigenvalue weighted by atomic mass is 9.77. The number of β-lactam (4-membered cyclic amide) rings is 1. The summed E-state index contributed by atoms with van der Waals surface area (Å²) in [4.78, 5) is 14.9. The highest BCUT2D eigenvalue weighted by Crippen LogP contribution is 2.43. The molecule has 1 saturated heterocycles. The third-order valence-corrected chi connectivity index (χ3v) is 10.5. The molecule has 0 N–H and O–H groups in total. The number of rotatable bonds is 9. The molecule has 0 aliphatic carbocycles. The molecule has 148 valence electrons. The van der Waals surface area contributed by atoms with Crippen LogP contribution in [-0.4, -0.2) is 37.8 Å². The van der Waals surface area contributed by atoms with Crippen LogP contribution in [0, 0.1) is 0 Å². The van der Waals surface area contributed by atoms with Gasteiger partial charge in [0.1, 0.15) is 0 Å². The maximum atomic E-state index is 12.9. The Labute approximate surface area is 166 Å². The Hall–Kier alpha value is -1.65. The second-order valence-corrected chi connectivity index (χ2v) is 13.7. The molecule has 1 fully saturated rings. The van der Waals surface area contributed by atoms with Crippen LogP contribution in [0.4, 0.5) is 0 Å². The number of amides is 1. The molecule has 3 atom stereocenters. The number of hydrogen-bond acceptors (Lipinski definition) is 2. The first-order valence-electron chi connectivity index (χ1n) is 9.89. The highest BCUT2D eigenvalue weighted by atomic mass is 28.4. The number of hydrogen-bond donors (Lipinski definition) is 0. The van der Waals surface area contributed by atoms with Crippen molar-refractivity contribution in [3.63, 3.8) is 0 Å². The van der Waals surface area contributed by atoms with Crippen LogP contribution in [0.5, 0.6) is 0 Å². The van der Waals surface area contributed by atoms with Crippen LogP contribution in [-0.2, 0) is 9.22 Å². The zero-order chi connectivity index (χ0) is 20.2. The molecule has 0 aromatic heterocycles. The minimum absolute atomic E-state index is 0.00625. The van der Waals surface area contributed by atoms with E-state index in [0.717, 1.165) is 18.4 Å². The van der Waals surface area contributed by atoms with E-state index in [2.05, 4.69) is 59.2 Å². The summed E-state index contributed by atoms with van der Waals surface area (Å²) in [5, 5.41) is 0.124. The fourth-order valence-electron chi connectivity index (χ4n) is 3.47. The summed E-state index contributed by atoms with van der Waals surface area (Å²) in [6, 6.07) is 10.2. The molecule has 0 spiro atoms. The average Bonchev–Trinajstić information content (AvgIpc) is 2.60. The number of likely N-dealkylation sites (tertiary alicyclic amines) is 1. The van der Waals surface area contributed by atoms with Crippen molar-refractivity contribution in [1.29, 1.82) is 0 Å². The van der Waals surface area contributed by atoms with Gasteiger partial charge in [-0.25, -0.2) is 0 Å². The number of allylic oxidation sites excluding steroid dienone is 1. The summed E-state index contributed by atoms with van der Waals surface area (Å²) in [7, 11) is -1.97. The van der Waals surface area contributed by atoms with Crippen LogP contribution in [0.25, 0.3) is 0 Å². The zero-order valence-electron chi connectivity index (χ0n) is 17.6. The molecule has 0 bridgehead atoms. The Morgan fingerprint density at radius 1 is 1.19 bits per heavy atom. The van der Waals surface area contributed by atoms with Crippen LogP contribution in [0.2, 0.25) is 18.1 Å². The summed E-state index contributed by atoms with van der Waals surface area (Å²) in [5.74, 6) is 0.0410. The first-order valence-corrected chi connectivity index (χ1v) is 12.8. The van der Waals surface area contributed by atoms with E-state index in [1.807, 2.05) is 35.3 Å². The second kappa shape index (κ2) is 8.57. The van der Waals surface area contributed by atoms with Gasteiger partial charge in [-0.2, -0.15) is 0 Å². The monoisotopic (exact) mass is 385 g/mol. The fraction of sp³-hybridized carbons (Fsp3) is 0.522. The molecule has 0 radical (unpaired) electrons. The lowest BCUT2D eigenvalue weighted by Crippen LogP contribution is -2.65. The summed E-state index contributed by atoms with van der Waals surface area (Å²) in [6.45, 7) is 19.6. The summed E-state index contributed by atoms with van der Waals surface area (Å²) >= 11 is 0. The fourth-order valence-corrected chi connectivity index (χ4v) is 4.84. The molecular weight excluding hydrogens is 350 g/mol. The Morgan fingerprint density at radius 2 is 1.81 bits per heavy atom. The maximum absolute atomic E-state index is 12.9. The van der Waals surface area contributed by atoms with E-state index in [0.29, 0.717) is 6.54 Å². The van der Waals surface area contributed by atoms with Gasteiger partial charge < -0.3 is 9.33 Å². The van der Waals surface area contributed by atoms with Gasteiger partial charge in [-0.1, -0.05) is 63.3 Å². The van der Waals surface area contributed by atoms with Crippen molar-refractivity contribution < 1.29 is 9.22 Å². The highest BCUT2D eigenvalue weighted by molar-refractivity contribution is 6.74. The first-order chi connectivity index (χ1) is 12.6. The Morgan fingerprint density at radius 3 is 2.33 bits per heavy atom. The van der Waals surface area contributed by atoms with Crippen molar-refractivity contribution in [2.75, 3.05) is 6.54 Å². The van der Waals surface area contributed by atoms with Crippen LogP contribution in [0.15, 0.2) is 55.6 Å². The molecule has 1 amide bonds. The van der Waals surface area contributed by atoms with Gasteiger partial charge in [0.15, 0.2) is 8.32 Å². The molecule has 1 aromatic carbocycles. The van der Waals surface area contributed by atoms with Crippen molar-refractivity contribution in [1.82, 2.24) is 4.90 Å². The van der Waals surface area contributed by atoms with Crippen molar-refractivity contribution >= 4 is 14.2 Å². The predicted molar refractivity (Wildman–Crippen MR) is 116 cm³/mol. The Balaban J connectivity index is 2.37. The van der Waals surface area contributed by atoms with Crippen molar-refractivity contribution in [2.24, 2.45) is 0 Å². The number of carbonyl (C=O) groups is 1. The van der Waals surface area contributed by atoms with Gasteiger partial charge in [0.05, 0.1) is 18.1 Å². The number of carbonyl (C=O) groups excluding carboxylic acids is 1. The second-order valence-electron chi connectivity index (χ2n) is 8.94. The van der Waals surface area contributed by atoms with Gasteiger partial charge in [0.2, 0.25) is 5.91 Å². The maximum Gasteiger partial charge on any atom is 0.232 e. The van der Waals surface area contributed by atoms with Crippen LogP contribution >= 0.6 is 0 Å². The van der Waals surface area contributed by atoms with Gasteiger partial charge in [-0.3, -0.25) is 4.79 Å². The molecule has 1 aromatic rings. The van der Waals surface area contributed by atoms with Crippen molar-refractivity contribution in [3.8, 4) is 0 Å². The Bertz CT molecular complexity index is 663. The van der Waals surface area contributed by atoms with Gasteiger partial charge in [0, 0.05) is 6.54 Å². The van der Waals surface area contributed by atoms with E-state index in [1.54, 1.807) is 0 Å². The van der Waals surface area contributed by atoms with Crippen LogP contribution in [0.3, 0.4) is 0 Å². The van der Waals surface area contributed by atoms with Crippen molar-refractivity contribution in [2.45, 2.75) is 69.8 Å².